The van der Waals surface area contributed by atoms with Gasteiger partial charge in [-0.1, -0.05) is 18.2 Å². The van der Waals surface area contributed by atoms with Gasteiger partial charge in [0.05, 0.1) is 12.8 Å². The number of carbonyl (C=O) groups is 1. The molecule has 2 aromatic carbocycles. The van der Waals surface area contributed by atoms with Crippen LogP contribution in [0.1, 0.15) is 11.1 Å². The van der Waals surface area contributed by atoms with E-state index in [0.29, 0.717) is 22.7 Å². The monoisotopic (exact) mass is 375 g/mol. The third-order valence-corrected chi connectivity index (χ3v) is 4.03. The number of hydrogen-bond donors (Lipinski definition) is 2. The first-order chi connectivity index (χ1) is 13.5. The van der Waals surface area contributed by atoms with E-state index in [4.69, 9.17) is 4.74 Å². The van der Waals surface area contributed by atoms with Crippen molar-refractivity contribution in [2.24, 2.45) is 0 Å². The molecule has 3 rings (SSSR count). The van der Waals surface area contributed by atoms with Gasteiger partial charge in [0.1, 0.15) is 17.4 Å². The van der Waals surface area contributed by atoms with Gasteiger partial charge in [-0.05, 0) is 43.3 Å². The quantitative estimate of drug-likeness (QED) is 0.728. The van der Waals surface area contributed by atoms with E-state index < -0.39 is 11.6 Å². The fraction of sp³-hybridized carbons (Fsp3) is 0.100. The summed E-state index contributed by atoms with van der Waals surface area (Å²) in [4.78, 5) is 24.9. The van der Waals surface area contributed by atoms with Crippen LogP contribution in [0.4, 0.5) is 16.3 Å². The number of amides is 2. The first-order valence-electron chi connectivity index (χ1n) is 8.35. The molecule has 1 heterocycles. The lowest BCUT2D eigenvalue weighted by molar-refractivity contribution is 0.262. The van der Waals surface area contributed by atoms with E-state index in [9.17, 15) is 14.9 Å². The van der Waals surface area contributed by atoms with Gasteiger partial charge in [0.2, 0.25) is 0 Å². The molecule has 0 atom stereocenters. The molecule has 2 N–H and O–H groups in total. The highest BCUT2D eigenvalue weighted by Crippen LogP contribution is 2.17. The van der Waals surface area contributed by atoms with Gasteiger partial charge in [0.15, 0.2) is 5.82 Å². The van der Waals surface area contributed by atoms with Gasteiger partial charge in [-0.3, -0.25) is 10.1 Å². The normalized spacial score (nSPS) is 10.0. The maximum absolute atomic E-state index is 12.6. The van der Waals surface area contributed by atoms with Crippen molar-refractivity contribution in [1.29, 1.82) is 5.26 Å². The van der Waals surface area contributed by atoms with Crippen molar-refractivity contribution < 1.29 is 9.53 Å². The van der Waals surface area contributed by atoms with E-state index in [-0.39, 0.29) is 11.4 Å². The van der Waals surface area contributed by atoms with Crippen LogP contribution in [-0.2, 0) is 0 Å². The Hall–Kier alpha value is -4.12. The molecule has 8 heteroatoms. The number of benzene rings is 2. The lowest BCUT2D eigenvalue weighted by Gasteiger charge is -2.13. The molecule has 0 aliphatic heterocycles. The zero-order valence-corrected chi connectivity index (χ0v) is 15.3. The van der Waals surface area contributed by atoms with Crippen LogP contribution in [0.2, 0.25) is 0 Å². The molecule has 0 bridgehead atoms. The average molecular weight is 375 g/mol. The van der Waals surface area contributed by atoms with E-state index in [2.05, 4.69) is 15.7 Å². The standard InChI is InChI=1S/C20H17N5O3/c1-13-17(12-21)19(26)25(15-8-10-16(28-2)11-9-15)24-18(13)23-20(27)22-14-6-4-3-5-7-14/h3-11H,1-2H3,(H2,22,23,24,27). The van der Waals surface area contributed by atoms with Gasteiger partial charge in [-0.2, -0.15) is 9.94 Å². The highest BCUT2D eigenvalue weighted by Gasteiger charge is 2.17. The molecule has 1 aromatic heterocycles. The van der Waals surface area contributed by atoms with Crippen LogP contribution in [0, 0.1) is 18.3 Å². The number of methoxy groups -OCH3 is 1. The average Bonchev–Trinajstić information content (AvgIpc) is 2.71. The number of urea groups is 1. The van der Waals surface area contributed by atoms with Crippen LogP contribution in [0.5, 0.6) is 5.75 Å². The number of aromatic nitrogens is 2. The van der Waals surface area contributed by atoms with Crippen LogP contribution >= 0.6 is 0 Å². The van der Waals surface area contributed by atoms with Gasteiger partial charge in [0.25, 0.3) is 5.56 Å². The Bertz CT molecular complexity index is 1100. The first kappa shape index (κ1) is 18.7. The van der Waals surface area contributed by atoms with Gasteiger partial charge >= 0.3 is 6.03 Å². The Morgan fingerprint density at radius 2 is 1.79 bits per heavy atom. The summed E-state index contributed by atoms with van der Waals surface area (Å²) < 4.78 is 6.18. The third kappa shape index (κ3) is 3.83. The van der Waals surface area contributed by atoms with Crippen molar-refractivity contribution in [3.05, 3.63) is 76.1 Å². The number of ether oxygens (including phenoxy) is 1. The second-order valence-corrected chi connectivity index (χ2v) is 5.82. The molecule has 0 spiro atoms. The summed E-state index contributed by atoms with van der Waals surface area (Å²) in [6.45, 7) is 1.56. The van der Waals surface area contributed by atoms with E-state index >= 15 is 0 Å². The Morgan fingerprint density at radius 1 is 1.11 bits per heavy atom. The van der Waals surface area contributed by atoms with Gasteiger partial charge in [-0.25, -0.2) is 4.79 Å². The predicted molar refractivity (Wildman–Crippen MR) is 105 cm³/mol. The molecule has 2 amide bonds. The van der Waals surface area contributed by atoms with Crippen molar-refractivity contribution in [2.75, 3.05) is 17.7 Å². The molecule has 0 radical (unpaired) electrons. The van der Waals surface area contributed by atoms with E-state index in [1.54, 1.807) is 55.5 Å². The number of carbonyl (C=O) groups excluding carboxylic acids is 1. The number of para-hydroxylation sites is 1. The molecule has 28 heavy (non-hydrogen) atoms. The Morgan fingerprint density at radius 3 is 2.39 bits per heavy atom. The van der Waals surface area contributed by atoms with Crippen molar-refractivity contribution in [3.63, 3.8) is 0 Å². The predicted octanol–water partition coefficient (Wildman–Crippen LogP) is 3.07. The fourth-order valence-electron chi connectivity index (χ4n) is 2.55. The summed E-state index contributed by atoms with van der Waals surface area (Å²) >= 11 is 0. The summed E-state index contributed by atoms with van der Waals surface area (Å²) in [6.07, 6.45) is 0. The maximum Gasteiger partial charge on any atom is 0.324 e. The van der Waals surface area contributed by atoms with Gasteiger partial charge in [-0.15, -0.1) is 5.10 Å². The molecule has 140 valence electrons. The first-order valence-corrected chi connectivity index (χ1v) is 8.35. The third-order valence-electron chi connectivity index (χ3n) is 4.03. The number of nitrogens with one attached hydrogen (secondary N) is 2. The molecule has 0 saturated carbocycles. The van der Waals surface area contributed by atoms with Crippen molar-refractivity contribution in [1.82, 2.24) is 9.78 Å². The van der Waals surface area contributed by atoms with Crippen LogP contribution in [0.15, 0.2) is 59.4 Å². The highest BCUT2D eigenvalue weighted by atomic mass is 16.5. The smallest absolute Gasteiger partial charge is 0.324 e. The molecule has 0 aliphatic rings. The molecule has 8 nitrogen and oxygen atoms in total. The zero-order valence-electron chi connectivity index (χ0n) is 15.3. The molecular formula is C20H17N5O3. The van der Waals surface area contributed by atoms with Gasteiger partial charge < -0.3 is 10.1 Å². The highest BCUT2D eigenvalue weighted by molar-refractivity contribution is 5.99. The van der Waals surface area contributed by atoms with E-state index in [1.165, 1.54) is 7.11 Å². The minimum atomic E-state index is -0.570. The summed E-state index contributed by atoms with van der Waals surface area (Å²) in [6, 6.07) is 16.8. The van der Waals surface area contributed by atoms with Crippen LogP contribution < -0.4 is 20.9 Å². The second-order valence-electron chi connectivity index (χ2n) is 5.82. The molecule has 0 aliphatic carbocycles. The fourth-order valence-corrected chi connectivity index (χ4v) is 2.55. The lowest BCUT2D eigenvalue weighted by Crippen LogP contribution is -2.29. The number of nitrogens with zero attached hydrogens (tertiary/aromatic N) is 3. The van der Waals surface area contributed by atoms with Crippen LogP contribution in [0.25, 0.3) is 5.69 Å². The van der Waals surface area contributed by atoms with Crippen LogP contribution in [-0.4, -0.2) is 22.9 Å². The lowest BCUT2D eigenvalue weighted by atomic mass is 10.2. The van der Waals surface area contributed by atoms with Crippen LogP contribution in [0.3, 0.4) is 0 Å². The summed E-state index contributed by atoms with van der Waals surface area (Å²) in [7, 11) is 1.53. The summed E-state index contributed by atoms with van der Waals surface area (Å²) in [5.41, 5.74) is 0.663. The number of nitriles is 1. The van der Waals surface area contributed by atoms with Crippen molar-refractivity contribution >= 4 is 17.5 Å². The van der Waals surface area contributed by atoms with Crippen molar-refractivity contribution in [2.45, 2.75) is 6.92 Å². The molecule has 3 aromatic rings. The molecule has 0 unspecified atom stereocenters. The largest absolute Gasteiger partial charge is 0.497 e. The van der Waals surface area contributed by atoms with Gasteiger partial charge in [0, 0.05) is 11.3 Å². The number of hydrogen-bond acceptors (Lipinski definition) is 5. The number of rotatable bonds is 4. The SMILES string of the molecule is COc1ccc(-n2nc(NC(=O)Nc3ccccc3)c(C)c(C#N)c2=O)cc1. The minimum absolute atomic E-state index is 0.0965. The Kier molecular flexibility index (Phi) is 5.37. The number of anilines is 2. The molecule has 0 saturated heterocycles. The molecular weight excluding hydrogens is 358 g/mol. The molecule has 0 fully saturated rings. The maximum atomic E-state index is 12.6. The van der Waals surface area contributed by atoms with Crippen molar-refractivity contribution in [3.8, 4) is 17.5 Å². The van der Waals surface area contributed by atoms with E-state index in [1.807, 2.05) is 12.1 Å². The summed E-state index contributed by atoms with van der Waals surface area (Å²) in [5.74, 6) is 0.727. The zero-order chi connectivity index (χ0) is 20.1. The Balaban J connectivity index is 1.98. The minimum Gasteiger partial charge on any atom is -0.497 e. The Labute approximate surface area is 161 Å². The summed E-state index contributed by atoms with van der Waals surface area (Å²) in [5, 5.41) is 18.9. The topological polar surface area (TPSA) is 109 Å². The second kappa shape index (κ2) is 8.05. The van der Waals surface area contributed by atoms with E-state index in [0.717, 1.165) is 4.68 Å².